The van der Waals surface area contributed by atoms with Crippen molar-refractivity contribution in [2.45, 2.75) is 26.2 Å². The molecule has 0 spiro atoms. The fourth-order valence-corrected chi connectivity index (χ4v) is 1.71. The molecule has 3 aromatic rings. The van der Waals surface area contributed by atoms with E-state index in [0.717, 1.165) is 11.3 Å². The Labute approximate surface area is 98.4 Å². The number of nitrogens with zero attached hydrogens (tertiary/aromatic N) is 3. The summed E-state index contributed by atoms with van der Waals surface area (Å²) in [7, 11) is 0. The molecule has 0 saturated heterocycles. The van der Waals surface area contributed by atoms with Gasteiger partial charge >= 0.3 is 0 Å². The Bertz CT molecular complexity index is 640. The summed E-state index contributed by atoms with van der Waals surface area (Å²) in [5.41, 5.74) is 1.92. The molecular weight excluding hydrogens is 216 g/mol. The highest BCUT2D eigenvalue weighted by molar-refractivity contribution is 5.53. The zero-order chi connectivity index (χ0) is 12.0. The first-order valence-corrected chi connectivity index (χ1v) is 5.54. The smallest absolute Gasteiger partial charge is 0.218 e. The highest BCUT2D eigenvalue weighted by Gasteiger charge is 2.20. The number of aromatic nitrogens is 4. The van der Waals surface area contributed by atoms with Crippen molar-refractivity contribution >= 4 is 5.65 Å². The third-order valence-corrected chi connectivity index (χ3v) is 2.70. The minimum atomic E-state index is 0.0211. The van der Waals surface area contributed by atoms with Crippen LogP contribution in [0.1, 0.15) is 26.5 Å². The van der Waals surface area contributed by atoms with Crippen LogP contribution in [0.25, 0.3) is 17.2 Å². The van der Waals surface area contributed by atoms with E-state index in [-0.39, 0.29) is 5.41 Å². The molecule has 0 aliphatic heterocycles. The molecule has 0 saturated carbocycles. The van der Waals surface area contributed by atoms with Crippen LogP contribution in [0.4, 0.5) is 0 Å². The molecule has 0 radical (unpaired) electrons. The Morgan fingerprint density at radius 3 is 2.82 bits per heavy atom. The molecule has 0 amide bonds. The number of rotatable bonds is 1. The molecule has 3 aromatic heterocycles. The second kappa shape index (κ2) is 3.23. The van der Waals surface area contributed by atoms with Crippen molar-refractivity contribution in [1.29, 1.82) is 0 Å². The van der Waals surface area contributed by atoms with Gasteiger partial charge in [-0.25, -0.2) is 0 Å². The van der Waals surface area contributed by atoms with E-state index in [2.05, 4.69) is 36.1 Å². The van der Waals surface area contributed by atoms with Crippen molar-refractivity contribution in [1.82, 2.24) is 19.8 Å². The van der Waals surface area contributed by atoms with E-state index in [1.54, 1.807) is 10.8 Å². The molecule has 5 heteroatoms. The van der Waals surface area contributed by atoms with Crippen molar-refractivity contribution < 1.29 is 4.42 Å². The molecule has 5 nitrogen and oxygen atoms in total. The zero-order valence-corrected chi connectivity index (χ0v) is 10.1. The molecule has 1 N–H and O–H groups in total. The second-order valence-corrected chi connectivity index (χ2v) is 5.10. The standard InChI is InChI=1S/C12H14N4O/c1-12(2,3)9-7-10-13-14-11(16(10)15-9)8-5-4-6-17-8/h4-7,13H,1-3H3. The molecule has 3 rings (SSSR count). The molecular formula is C12H14N4O. The first-order chi connectivity index (χ1) is 8.05. The van der Waals surface area contributed by atoms with Gasteiger partial charge in [-0.1, -0.05) is 20.8 Å². The summed E-state index contributed by atoms with van der Waals surface area (Å²) in [5, 5.41) is 11.7. The molecule has 88 valence electrons. The van der Waals surface area contributed by atoms with Gasteiger partial charge in [-0.05, 0) is 12.1 Å². The largest absolute Gasteiger partial charge is 0.461 e. The summed E-state index contributed by atoms with van der Waals surface area (Å²) in [5.74, 6) is 1.40. The average Bonchev–Trinajstić information content (AvgIpc) is 2.91. The molecule has 0 fully saturated rings. The predicted octanol–water partition coefficient (Wildman–Crippen LogP) is 2.61. The minimum absolute atomic E-state index is 0.0211. The highest BCUT2D eigenvalue weighted by Crippen LogP contribution is 2.24. The average molecular weight is 230 g/mol. The first-order valence-electron chi connectivity index (χ1n) is 5.54. The summed E-state index contributed by atoms with van der Waals surface area (Å²) < 4.78 is 7.11. The number of furan rings is 1. The van der Waals surface area contributed by atoms with E-state index in [1.807, 2.05) is 18.2 Å². The number of H-pyrrole nitrogens is 1. The molecule has 0 aromatic carbocycles. The van der Waals surface area contributed by atoms with Gasteiger partial charge in [0.25, 0.3) is 0 Å². The van der Waals surface area contributed by atoms with Crippen LogP contribution in [0.2, 0.25) is 0 Å². The predicted molar refractivity (Wildman–Crippen MR) is 63.7 cm³/mol. The fourth-order valence-electron chi connectivity index (χ4n) is 1.71. The van der Waals surface area contributed by atoms with Crippen LogP contribution in [-0.4, -0.2) is 19.8 Å². The lowest BCUT2D eigenvalue weighted by molar-refractivity contribution is 0.557. The maximum absolute atomic E-state index is 5.34. The van der Waals surface area contributed by atoms with Crippen LogP contribution in [0.3, 0.4) is 0 Å². The van der Waals surface area contributed by atoms with E-state index in [1.165, 1.54) is 0 Å². The Kier molecular flexibility index (Phi) is 1.92. The molecule has 0 unspecified atom stereocenters. The van der Waals surface area contributed by atoms with Crippen molar-refractivity contribution in [3.63, 3.8) is 0 Å². The Balaban J connectivity index is 2.19. The minimum Gasteiger partial charge on any atom is -0.461 e. The monoisotopic (exact) mass is 230 g/mol. The van der Waals surface area contributed by atoms with Gasteiger partial charge in [-0.3, -0.25) is 5.10 Å². The number of aromatic amines is 1. The van der Waals surface area contributed by atoms with Gasteiger partial charge in [0.2, 0.25) is 5.82 Å². The third-order valence-electron chi connectivity index (χ3n) is 2.70. The Morgan fingerprint density at radius 2 is 2.18 bits per heavy atom. The van der Waals surface area contributed by atoms with Gasteiger partial charge in [0.05, 0.1) is 12.0 Å². The lowest BCUT2D eigenvalue weighted by Gasteiger charge is -2.13. The van der Waals surface area contributed by atoms with Crippen LogP contribution >= 0.6 is 0 Å². The third kappa shape index (κ3) is 1.54. The Hall–Kier alpha value is -2.04. The van der Waals surface area contributed by atoms with E-state index < -0.39 is 0 Å². The maximum atomic E-state index is 5.34. The SMILES string of the molecule is CC(C)(C)c1cc2[nH]nc(-c3ccco3)n2n1. The summed E-state index contributed by atoms with van der Waals surface area (Å²) in [6.07, 6.45) is 1.63. The van der Waals surface area contributed by atoms with Crippen molar-refractivity contribution in [3.8, 4) is 11.6 Å². The van der Waals surface area contributed by atoms with Gasteiger partial charge in [0.1, 0.15) is 0 Å². The van der Waals surface area contributed by atoms with Gasteiger partial charge in [0.15, 0.2) is 11.4 Å². The van der Waals surface area contributed by atoms with Crippen LogP contribution in [0, 0.1) is 0 Å². The molecule has 3 heterocycles. The lowest BCUT2D eigenvalue weighted by atomic mass is 9.93. The summed E-state index contributed by atoms with van der Waals surface area (Å²) in [6.45, 7) is 6.40. The van der Waals surface area contributed by atoms with Crippen molar-refractivity contribution in [2.75, 3.05) is 0 Å². The summed E-state index contributed by atoms with van der Waals surface area (Å²) in [6, 6.07) is 5.72. The topological polar surface area (TPSA) is 59.1 Å². The summed E-state index contributed by atoms with van der Waals surface area (Å²) >= 11 is 0. The van der Waals surface area contributed by atoms with Crippen molar-refractivity contribution in [2.24, 2.45) is 0 Å². The van der Waals surface area contributed by atoms with Crippen LogP contribution < -0.4 is 0 Å². The fraction of sp³-hybridized carbons (Fsp3) is 0.333. The normalized spacial score (nSPS) is 12.4. The van der Waals surface area contributed by atoms with Crippen LogP contribution in [-0.2, 0) is 5.41 Å². The Morgan fingerprint density at radius 1 is 1.35 bits per heavy atom. The second-order valence-electron chi connectivity index (χ2n) is 5.10. The lowest BCUT2D eigenvalue weighted by Crippen LogP contribution is -2.12. The number of hydrogen-bond donors (Lipinski definition) is 1. The number of fused-ring (bicyclic) bond motifs is 1. The molecule has 0 bridgehead atoms. The van der Waals surface area contributed by atoms with E-state index in [0.29, 0.717) is 11.6 Å². The van der Waals surface area contributed by atoms with Gasteiger partial charge in [-0.15, -0.1) is 5.10 Å². The first kappa shape index (κ1) is 10.1. The molecule has 0 atom stereocenters. The number of hydrogen-bond acceptors (Lipinski definition) is 3. The quantitative estimate of drug-likeness (QED) is 0.699. The van der Waals surface area contributed by atoms with Crippen LogP contribution in [0.15, 0.2) is 28.9 Å². The maximum Gasteiger partial charge on any atom is 0.218 e. The molecule has 0 aliphatic rings. The van der Waals surface area contributed by atoms with Gasteiger partial charge < -0.3 is 4.42 Å². The number of nitrogens with one attached hydrogen (secondary N) is 1. The highest BCUT2D eigenvalue weighted by atomic mass is 16.3. The van der Waals surface area contributed by atoms with Crippen LogP contribution in [0.5, 0.6) is 0 Å². The van der Waals surface area contributed by atoms with Gasteiger partial charge in [-0.2, -0.15) is 9.61 Å². The van der Waals surface area contributed by atoms with E-state index in [9.17, 15) is 0 Å². The van der Waals surface area contributed by atoms with Gasteiger partial charge in [0, 0.05) is 11.5 Å². The molecule has 0 aliphatic carbocycles. The zero-order valence-electron chi connectivity index (χ0n) is 10.1. The molecule has 17 heavy (non-hydrogen) atoms. The van der Waals surface area contributed by atoms with Crippen molar-refractivity contribution in [3.05, 3.63) is 30.2 Å². The van der Waals surface area contributed by atoms with E-state index >= 15 is 0 Å². The summed E-state index contributed by atoms with van der Waals surface area (Å²) in [4.78, 5) is 0. The van der Waals surface area contributed by atoms with E-state index in [4.69, 9.17) is 4.42 Å².